The van der Waals surface area contributed by atoms with Gasteiger partial charge in [-0.1, -0.05) is 12.1 Å². The largest absolute Gasteiger partial charge is 0.471 e. The predicted octanol–water partition coefficient (Wildman–Crippen LogP) is 3.36. The number of benzene rings is 1. The van der Waals surface area contributed by atoms with Gasteiger partial charge in [-0.2, -0.15) is 5.26 Å². The van der Waals surface area contributed by atoms with Gasteiger partial charge in [0.2, 0.25) is 0 Å². The fourth-order valence-corrected chi connectivity index (χ4v) is 2.65. The predicted molar refractivity (Wildman–Crippen MR) is 85.1 cm³/mol. The van der Waals surface area contributed by atoms with E-state index in [2.05, 4.69) is 27.8 Å². The zero-order chi connectivity index (χ0) is 15.5. The number of hydrogen-bond donors (Lipinski definition) is 1. The molecule has 0 atom stereocenters. The van der Waals surface area contributed by atoms with Gasteiger partial charge in [0.1, 0.15) is 0 Å². The standard InChI is InChI=1S/C13H11ClN2S.C2H4O2/c14-16-8-7-12-5-6-13(17-12)11-3-1-10(9-15)2-4-11;1-4-2-3/h1-6,16H,7-8H2;2H,1H3. The highest BCUT2D eigenvalue weighted by atomic mass is 35.5. The van der Waals surface area contributed by atoms with Crippen molar-refractivity contribution in [3.8, 4) is 16.5 Å². The molecule has 0 radical (unpaired) electrons. The first-order valence-electron chi connectivity index (χ1n) is 6.14. The first kappa shape index (κ1) is 17.2. The smallest absolute Gasteiger partial charge is 0.292 e. The number of carbonyl (C=O) groups is 1. The first-order valence-corrected chi connectivity index (χ1v) is 7.33. The monoisotopic (exact) mass is 322 g/mol. The van der Waals surface area contributed by atoms with E-state index in [9.17, 15) is 0 Å². The maximum absolute atomic E-state index is 8.95. The molecule has 1 N–H and O–H groups in total. The van der Waals surface area contributed by atoms with Gasteiger partial charge in [0.25, 0.3) is 6.47 Å². The molecule has 1 heterocycles. The van der Waals surface area contributed by atoms with Crippen LogP contribution in [0.1, 0.15) is 10.4 Å². The van der Waals surface area contributed by atoms with Gasteiger partial charge in [-0.15, -0.1) is 11.3 Å². The van der Waals surface area contributed by atoms with Crippen molar-refractivity contribution in [1.82, 2.24) is 4.84 Å². The summed E-state index contributed by atoms with van der Waals surface area (Å²) >= 11 is 7.19. The molecule has 6 heteroatoms. The van der Waals surface area contributed by atoms with E-state index in [1.165, 1.54) is 16.9 Å². The van der Waals surface area contributed by atoms with Crippen LogP contribution in [0, 0.1) is 11.3 Å². The minimum Gasteiger partial charge on any atom is -0.471 e. The number of nitrogens with one attached hydrogen (secondary N) is 1. The van der Waals surface area contributed by atoms with Crippen LogP contribution in [-0.4, -0.2) is 20.1 Å². The lowest BCUT2D eigenvalue weighted by atomic mass is 10.1. The van der Waals surface area contributed by atoms with Crippen molar-refractivity contribution in [3.63, 3.8) is 0 Å². The minimum absolute atomic E-state index is 0.375. The zero-order valence-corrected chi connectivity index (χ0v) is 13.1. The topological polar surface area (TPSA) is 62.1 Å². The molecule has 4 nitrogen and oxygen atoms in total. The molecule has 0 saturated carbocycles. The molecule has 0 fully saturated rings. The summed E-state index contributed by atoms with van der Waals surface area (Å²) < 4.78 is 3.86. The Morgan fingerprint density at radius 2 is 2.00 bits per heavy atom. The third kappa shape index (κ3) is 5.96. The summed E-state index contributed by atoms with van der Waals surface area (Å²) in [5.74, 6) is 0. The molecule has 0 aliphatic heterocycles. The molecule has 0 amide bonds. The van der Waals surface area contributed by atoms with E-state index in [0.717, 1.165) is 18.5 Å². The Bertz CT molecular complexity index is 590. The summed E-state index contributed by atoms with van der Waals surface area (Å²) in [4.78, 5) is 14.1. The Morgan fingerprint density at radius 1 is 1.33 bits per heavy atom. The third-order valence-corrected chi connectivity index (χ3v) is 3.91. The summed E-state index contributed by atoms with van der Waals surface area (Å²) in [6, 6.07) is 14.0. The van der Waals surface area contributed by atoms with Crippen molar-refractivity contribution >= 4 is 29.6 Å². The van der Waals surface area contributed by atoms with Gasteiger partial charge in [0.05, 0.1) is 18.7 Å². The number of nitrogens with zero attached hydrogens (tertiary/aromatic N) is 1. The number of methoxy groups -OCH3 is 1. The van der Waals surface area contributed by atoms with E-state index < -0.39 is 0 Å². The Morgan fingerprint density at radius 3 is 2.52 bits per heavy atom. The van der Waals surface area contributed by atoms with Crippen LogP contribution < -0.4 is 4.84 Å². The fourth-order valence-electron chi connectivity index (χ4n) is 1.55. The summed E-state index contributed by atoms with van der Waals surface area (Å²) in [6.07, 6.45) is 0.935. The maximum Gasteiger partial charge on any atom is 0.292 e. The molecule has 2 rings (SSSR count). The Kier molecular flexibility index (Phi) is 8.14. The normalized spacial score (nSPS) is 9.19. The van der Waals surface area contributed by atoms with Crippen LogP contribution in [0.4, 0.5) is 0 Å². The molecule has 110 valence electrons. The molecule has 0 aliphatic rings. The van der Waals surface area contributed by atoms with Gasteiger partial charge in [0.15, 0.2) is 0 Å². The number of ether oxygens (including phenoxy) is 1. The number of halogens is 1. The van der Waals surface area contributed by atoms with Crippen molar-refractivity contribution in [2.45, 2.75) is 6.42 Å². The van der Waals surface area contributed by atoms with E-state index in [0.29, 0.717) is 12.0 Å². The Labute approximate surface area is 133 Å². The lowest BCUT2D eigenvalue weighted by Gasteiger charge is -1.97. The molecule has 21 heavy (non-hydrogen) atoms. The van der Waals surface area contributed by atoms with Crippen LogP contribution in [0.25, 0.3) is 10.4 Å². The van der Waals surface area contributed by atoms with E-state index >= 15 is 0 Å². The highest BCUT2D eigenvalue weighted by molar-refractivity contribution is 7.15. The SMILES string of the molecule is COC=O.N#Cc1ccc(-c2ccc(CCNCl)s2)cc1. The van der Waals surface area contributed by atoms with Crippen molar-refractivity contribution in [3.05, 3.63) is 46.8 Å². The first-order chi connectivity index (χ1) is 10.2. The molecule has 0 bridgehead atoms. The molecule has 0 saturated heterocycles. The van der Waals surface area contributed by atoms with Gasteiger partial charge < -0.3 is 4.74 Å². The number of rotatable bonds is 5. The summed E-state index contributed by atoms with van der Waals surface area (Å²) in [5, 5.41) is 8.73. The van der Waals surface area contributed by atoms with E-state index in [-0.39, 0.29) is 0 Å². The second-order valence-electron chi connectivity index (χ2n) is 3.92. The molecular formula is C15H15ClN2O2S. The second-order valence-corrected chi connectivity index (χ2v) is 5.36. The summed E-state index contributed by atoms with van der Waals surface area (Å²) in [5.41, 5.74) is 1.84. The van der Waals surface area contributed by atoms with Crippen molar-refractivity contribution < 1.29 is 9.53 Å². The molecule has 0 spiro atoms. The van der Waals surface area contributed by atoms with E-state index in [4.69, 9.17) is 21.8 Å². The average Bonchev–Trinajstić information content (AvgIpc) is 3.02. The number of hydrogen-bond acceptors (Lipinski definition) is 5. The number of thiophene rings is 1. The van der Waals surface area contributed by atoms with Crippen LogP contribution in [0.15, 0.2) is 36.4 Å². The van der Waals surface area contributed by atoms with Crippen molar-refractivity contribution in [2.24, 2.45) is 0 Å². The van der Waals surface area contributed by atoms with Gasteiger partial charge in [-0.05, 0) is 48.0 Å². The zero-order valence-electron chi connectivity index (χ0n) is 11.5. The summed E-state index contributed by atoms with van der Waals surface area (Å²) in [7, 11) is 1.31. The molecular weight excluding hydrogens is 308 g/mol. The minimum atomic E-state index is 0.375. The van der Waals surface area contributed by atoms with Crippen molar-refractivity contribution in [2.75, 3.05) is 13.7 Å². The van der Waals surface area contributed by atoms with E-state index in [1.54, 1.807) is 11.3 Å². The van der Waals surface area contributed by atoms with E-state index in [1.807, 2.05) is 24.3 Å². The Balaban J connectivity index is 0.000000491. The highest BCUT2D eigenvalue weighted by Gasteiger charge is 2.02. The molecule has 1 aromatic carbocycles. The van der Waals surface area contributed by atoms with Crippen LogP contribution in [0.2, 0.25) is 0 Å². The Hall–Kier alpha value is -1.87. The second kappa shape index (κ2) is 9.94. The van der Waals surface area contributed by atoms with Crippen molar-refractivity contribution in [1.29, 1.82) is 5.26 Å². The lowest BCUT2D eigenvalue weighted by Crippen LogP contribution is -2.02. The number of nitriles is 1. The molecule has 0 unspecified atom stereocenters. The maximum atomic E-state index is 8.95. The molecule has 1 aromatic heterocycles. The highest BCUT2D eigenvalue weighted by Crippen LogP contribution is 2.28. The van der Waals surface area contributed by atoms with Gasteiger partial charge in [-0.3, -0.25) is 4.79 Å². The van der Waals surface area contributed by atoms with Gasteiger partial charge in [-0.25, -0.2) is 4.84 Å². The summed E-state index contributed by atoms with van der Waals surface area (Å²) in [6.45, 7) is 1.15. The number of carbonyl (C=O) groups excluding carboxylic acids is 1. The van der Waals surface area contributed by atoms with Gasteiger partial charge in [0, 0.05) is 16.3 Å². The molecule has 2 aromatic rings. The fraction of sp³-hybridized carbons (Fsp3) is 0.200. The van der Waals surface area contributed by atoms with Gasteiger partial charge >= 0.3 is 0 Å². The van der Waals surface area contributed by atoms with Crippen LogP contribution in [0.3, 0.4) is 0 Å². The lowest BCUT2D eigenvalue weighted by molar-refractivity contribution is -0.126. The quantitative estimate of drug-likeness (QED) is 0.677. The average molecular weight is 323 g/mol. The van der Waals surface area contributed by atoms with Crippen LogP contribution >= 0.6 is 23.1 Å². The third-order valence-electron chi connectivity index (χ3n) is 2.52. The van der Waals surface area contributed by atoms with Crippen LogP contribution in [-0.2, 0) is 16.0 Å². The van der Waals surface area contributed by atoms with Crippen LogP contribution in [0.5, 0.6) is 0 Å². The molecule has 0 aliphatic carbocycles.